The van der Waals surface area contributed by atoms with Crippen molar-refractivity contribution in [2.75, 3.05) is 27.7 Å². The standard InChI is InChI=1S/C40H76N2O11/c1-16-30-40(12,47)34(43)27(8)41(13)21-23(4)19-38(10,46)36(53-31-18-29(17-24(5)49-31)42(14)22(2)3)25(6)33(26(7)37(45)51-30)52-32-20-39(11,48-15)35(44)28(9)50-32/h22-36,43-44,46-47H,16-21H2,1-15H3/t23-,24?,25+,26-,27-,28?,29?,30-,31?,32?,33+,34-,35?,36-,38+,39?,40-/m1/s1. The van der Waals surface area contributed by atoms with E-state index in [0.717, 1.165) is 6.42 Å². The molecule has 53 heavy (non-hydrogen) atoms. The second kappa shape index (κ2) is 18.5. The van der Waals surface area contributed by atoms with Crippen LogP contribution in [0.4, 0.5) is 0 Å². The van der Waals surface area contributed by atoms with E-state index in [2.05, 4.69) is 25.8 Å². The van der Waals surface area contributed by atoms with Crippen molar-refractivity contribution in [1.29, 1.82) is 0 Å². The molecule has 13 heteroatoms. The van der Waals surface area contributed by atoms with Gasteiger partial charge in [-0.1, -0.05) is 20.8 Å². The van der Waals surface area contributed by atoms with E-state index in [9.17, 15) is 25.2 Å². The third-order valence-electron chi connectivity index (χ3n) is 12.8. The van der Waals surface area contributed by atoms with Crippen LogP contribution < -0.4 is 0 Å². The smallest absolute Gasteiger partial charge is 0.311 e. The van der Waals surface area contributed by atoms with Crippen molar-refractivity contribution in [3.05, 3.63) is 0 Å². The van der Waals surface area contributed by atoms with Crippen LogP contribution in [-0.2, 0) is 33.2 Å². The normalized spacial score (nSPS) is 47.6. The Morgan fingerprint density at radius 1 is 0.943 bits per heavy atom. The highest BCUT2D eigenvalue weighted by atomic mass is 16.7. The molecule has 3 heterocycles. The zero-order valence-corrected chi connectivity index (χ0v) is 35.4. The summed E-state index contributed by atoms with van der Waals surface area (Å²) in [5, 5.41) is 46.8. The maximum atomic E-state index is 14.2. The number of nitrogens with zero attached hydrogens (tertiary/aromatic N) is 2. The molecule has 3 rings (SSSR count). The Labute approximate surface area is 319 Å². The predicted octanol–water partition coefficient (Wildman–Crippen LogP) is 3.71. The minimum atomic E-state index is -1.77. The fourth-order valence-corrected chi connectivity index (χ4v) is 9.01. The molecule has 3 aliphatic heterocycles. The van der Waals surface area contributed by atoms with E-state index in [1.807, 2.05) is 39.6 Å². The maximum absolute atomic E-state index is 14.2. The van der Waals surface area contributed by atoms with Gasteiger partial charge in [0.25, 0.3) is 0 Å². The highest BCUT2D eigenvalue weighted by Crippen LogP contribution is 2.40. The zero-order chi connectivity index (χ0) is 40.4. The van der Waals surface area contributed by atoms with Gasteiger partial charge in [0.05, 0.1) is 41.5 Å². The molecule has 17 atom stereocenters. The van der Waals surface area contributed by atoms with Crippen molar-refractivity contribution in [2.45, 2.75) is 205 Å². The SMILES string of the molecule is CC[C@H]1OC(=O)[C@H](C)[C@@H](OC2CC(C)(OC)C(O)C(C)O2)[C@H](C)[C@@H](OC2CC(N(C)C(C)C)CC(C)O2)[C@@](C)(O)C[C@@H](C)CN(C)[C@H](C)[C@@H](O)[C@]1(C)O. The molecule has 3 fully saturated rings. The van der Waals surface area contributed by atoms with Crippen LogP contribution in [0.15, 0.2) is 0 Å². The zero-order valence-electron chi connectivity index (χ0n) is 35.4. The molecule has 0 aromatic rings. The van der Waals surface area contributed by atoms with Crippen LogP contribution in [0.25, 0.3) is 0 Å². The second-order valence-corrected chi connectivity index (χ2v) is 17.9. The molecule has 3 aliphatic rings. The van der Waals surface area contributed by atoms with E-state index in [0.29, 0.717) is 25.4 Å². The lowest BCUT2D eigenvalue weighted by Crippen LogP contribution is -2.59. The van der Waals surface area contributed by atoms with E-state index in [1.165, 1.54) is 14.0 Å². The highest BCUT2D eigenvalue weighted by molar-refractivity contribution is 5.73. The number of hydrogen-bond donors (Lipinski definition) is 4. The molecule has 0 spiro atoms. The number of aliphatic hydroxyl groups is 4. The molecule has 0 amide bonds. The van der Waals surface area contributed by atoms with Crippen molar-refractivity contribution in [3.8, 4) is 0 Å². The first-order chi connectivity index (χ1) is 24.4. The Morgan fingerprint density at radius 3 is 2.13 bits per heavy atom. The van der Waals surface area contributed by atoms with Gasteiger partial charge in [0.2, 0.25) is 0 Å². The van der Waals surface area contributed by atoms with Crippen LogP contribution in [0, 0.1) is 17.8 Å². The summed E-state index contributed by atoms with van der Waals surface area (Å²) in [5.41, 5.74) is -4.19. The third kappa shape index (κ3) is 10.9. The van der Waals surface area contributed by atoms with Gasteiger partial charge >= 0.3 is 5.97 Å². The van der Waals surface area contributed by atoms with Crippen LogP contribution in [0.2, 0.25) is 0 Å². The van der Waals surface area contributed by atoms with Crippen molar-refractivity contribution in [2.24, 2.45) is 17.8 Å². The lowest BCUT2D eigenvalue weighted by atomic mass is 9.77. The number of carbonyl (C=O) groups is 1. The Kier molecular flexibility index (Phi) is 16.2. The number of likely N-dealkylation sites (N-methyl/N-ethyl adjacent to an activating group) is 1. The average molecular weight is 761 g/mol. The van der Waals surface area contributed by atoms with Crippen LogP contribution >= 0.6 is 0 Å². The van der Waals surface area contributed by atoms with E-state index in [4.69, 9.17) is 28.4 Å². The van der Waals surface area contributed by atoms with Gasteiger partial charge in [-0.25, -0.2) is 0 Å². The monoisotopic (exact) mass is 761 g/mol. The molecule has 312 valence electrons. The molecule has 0 aromatic heterocycles. The molecule has 0 bridgehead atoms. The summed E-state index contributed by atoms with van der Waals surface area (Å²) in [6.45, 7) is 23.0. The van der Waals surface area contributed by atoms with Crippen molar-refractivity contribution < 1.29 is 53.6 Å². The summed E-state index contributed by atoms with van der Waals surface area (Å²) in [6, 6.07) is 0.0103. The van der Waals surface area contributed by atoms with Gasteiger partial charge in [0.1, 0.15) is 23.9 Å². The lowest BCUT2D eigenvalue weighted by Gasteiger charge is -2.48. The van der Waals surface area contributed by atoms with Gasteiger partial charge in [-0.3, -0.25) is 4.79 Å². The first-order valence-corrected chi connectivity index (χ1v) is 20.0. The molecule has 13 nitrogen and oxygen atoms in total. The third-order valence-corrected chi connectivity index (χ3v) is 12.8. The number of ether oxygens (including phenoxy) is 6. The van der Waals surface area contributed by atoms with Gasteiger partial charge in [-0.05, 0) is 102 Å². The first kappa shape index (κ1) is 46.4. The molecule has 0 radical (unpaired) electrons. The Hall–Kier alpha value is -0.970. The van der Waals surface area contributed by atoms with Crippen LogP contribution in [0.3, 0.4) is 0 Å². The first-order valence-electron chi connectivity index (χ1n) is 20.0. The number of cyclic esters (lactones) is 1. The fraction of sp³-hybridized carbons (Fsp3) is 0.975. The number of methoxy groups -OCH3 is 1. The Bertz CT molecular complexity index is 1160. The van der Waals surface area contributed by atoms with Gasteiger partial charge in [0.15, 0.2) is 12.6 Å². The Balaban J connectivity index is 2.15. The van der Waals surface area contributed by atoms with Gasteiger partial charge < -0.3 is 58.6 Å². The number of rotatable bonds is 8. The van der Waals surface area contributed by atoms with E-state index >= 15 is 0 Å². The fourth-order valence-electron chi connectivity index (χ4n) is 9.01. The molecular formula is C40H76N2O11. The summed E-state index contributed by atoms with van der Waals surface area (Å²) >= 11 is 0. The molecule has 7 unspecified atom stereocenters. The Morgan fingerprint density at radius 2 is 1.57 bits per heavy atom. The van der Waals surface area contributed by atoms with E-state index < -0.39 is 89.9 Å². The summed E-state index contributed by atoms with van der Waals surface area (Å²) in [7, 11) is 5.52. The molecule has 0 aliphatic carbocycles. The van der Waals surface area contributed by atoms with Crippen molar-refractivity contribution >= 4 is 5.97 Å². The van der Waals surface area contributed by atoms with Gasteiger partial charge in [-0.15, -0.1) is 0 Å². The summed E-state index contributed by atoms with van der Waals surface area (Å²) in [4.78, 5) is 18.5. The average Bonchev–Trinajstić information content (AvgIpc) is 3.07. The highest BCUT2D eigenvalue weighted by Gasteiger charge is 2.52. The largest absolute Gasteiger partial charge is 0.459 e. The topological polar surface area (TPSA) is 160 Å². The van der Waals surface area contributed by atoms with Crippen molar-refractivity contribution in [1.82, 2.24) is 9.80 Å². The van der Waals surface area contributed by atoms with Gasteiger partial charge in [0, 0.05) is 50.5 Å². The molecule has 0 aromatic carbocycles. The number of esters is 1. The number of hydrogen-bond acceptors (Lipinski definition) is 13. The predicted molar refractivity (Wildman–Crippen MR) is 202 cm³/mol. The molecule has 0 saturated carbocycles. The number of aliphatic hydroxyl groups excluding tert-OH is 2. The summed E-state index contributed by atoms with van der Waals surface area (Å²) < 4.78 is 38.2. The molecule has 4 N–H and O–H groups in total. The molecule has 3 saturated heterocycles. The van der Waals surface area contributed by atoms with E-state index in [-0.39, 0.29) is 30.9 Å². The van der Waals surface area contributed by atoms with Crippen LogP contribution in [0.1, 0.15) is 115 Å². The van der Waals surface area contributed by atoms with Gasteiger partial charge in [-0.2, -0.15) is 0 Å². The summed E-state index contributed by atoms with van der Waals surface area (Å²) in [5.74, 6) is -2.29. The number of carbonyl (C=O) groups excluding carboxylic acids is 1. The minimum absolute atomic E-state index is 0.0767. The lowest BCUT2D eigenvalue weighted by molar-refractivity contribution is -0.308. The van der Waals surface area contributed by atoms with Crippen LogP contribution in [-0.4, -0.2) is 154 Å². The van der Waals surface area contributed by atoms with E-state index in [1.54, 1.807) is 34.6 Å². The second-order valence-electron chi connectivity index (χ2n) is 17.9. The van der Waals surface area contributed by atoms with Crippen LogP contribution in [0.5, 0.6) is 0 Å². The minimum Gasteiger partial charge on any atom is -0.459 e. The molecular weight excluding hydrogens is 684 g/mol. The quantitative estimate of drug-likeness (QED) is 0.266. The van der Waals surface area contributed by atoms with Crippen molar-refractivity contribution in [3.63, 3.8) is 0 Å². The maximum Gasteiger partial charge on any atom is 0.311 e. The summed E-state index contributed by atoms with van der Waals surface area (Å²) in [6.07, 6.45) is -5.07.